The average molecular weight is 450 g/mol. The minimum absolute atomic E-state index is 0.137. The molecule has 174 valence electrons. The zero-order valence-corrected chi connectivity index (χ0v) is 19.5. The van der Waals surface area contributed by atoms with Crippen molar-refractivity contribution in [1.29, 1.82) is 0 Å². The molecule has 0 spiro atoms. The van der Waals surface area contributed by atoms with Crippen LogP contribution < -0.4 is 5.32 Å². The van der Waals surface area contributed by atoms with Gasteiger partial charge in [-0.15, -0.1) is 0 Å². The normalized spacial score (nSPS) is 16.9. The number of benzene rings is 1. The number of fused-ring (bicyclic) bond motifs is 1. The lowest BCUT2D eigenvalue weighted by Gasteiger charge is -2.32. The van der Waals surface area contributed by atoms with Crippen molar-refractivity contribution in [3.63, 3.8) is 0 Å². The minimum Gasteiger partial charge on any atom is -0.383 e. The Morgan fingerprint density at radius 1 is 1.27 bits per heavy atom. The first-order valence-corrected chi connectivity index (χ1v) is 11.4. The first-order chi connectivity index (χ1) is 16.0. The standard InChI is InChI=1S/C25H31N5O3/c1-17(2)24-27-13-18(14-28-24)15-30-9-11-33-23(16-30)22-12-20(25(31)26-8-10-32-3)19-6-4-5-7-21(19)29-22/h4-7,12-14,17,23H,8-11,15-16H2,1-3H3,(H,26,31). The first-order valence-electron chi connectivity index (χ1n) is 11.4. The van der Waals surface area contributed by atoms with Gasteiger partial charge in [0.2, 0.25) is 0 Å². The number of hydrogen-bond donors (Lipinski definition) is 1. The van der Waals surface area contributed by atoms with Gasteiger partial charge in [0.1, 0.15) is 11.9 Å². The van der Waals surface area contributed by atoms with E-state index in [4.69, 9.17) is 14.5 Å². The maximum Gasteiger partial charge on any atom is 0.252 e. The van der Waals surface area contributed by atoms with E-state index in [1.165, 1.54) is 0 Å². The summed E-state index contributed by atoms with van der Waals surface area (Å²) in [5.41, 5.74) is 3.22. The second-order valence-electron chi connectivity index (χ2n) is 8.56. The van der Waals surface area contributed by atoms with Crippen molar-refractivity contribution in [2.45, 2.75) is 32.4 Å². The number of carbonyl (C=O) groups excluding carboxylic acids is 1. The molecule has 8 heteroatoms. The highest BCUT2D eigenvalue weighted by Gasteiger charge is 2.25. The average Bonchev–Trinajstić information content (AvgIpc) is 2.84. The summed E-state index contributed by atoms with van der Waals surface area (Å²) >= 11 is 0. The van der Waals surface area contributed by atoms with Crippen molar-refractivity contribution >= 4 is 16.8 Å². The summed E-state index contributed by atoms with van der Waals surface area (Å²) in [5, 5.41) is 3.74. The van der Waals surface area contributed by atoms with E-state index in [0.29, 0.717) is 37.8 Å². The van der Waals surface area contributed by atoms with Gasteiger partial charge in [-0.25, -0.2) is 15.0 Å². The third kappa shape index (κ3) is 5.71. The van der Waals surface area contributed by atoms with Crippen LogP contribution in [0.15, 0.2) is 42.7 Å². The maximum atomic E-state index is 12.9. The molecule has 1 atom stereocenters. The molecule has 1 amide bonds. The molecule has 0 aliphatic carbocycles. The SMILES string of the molecule is COCCNC(=O)c1cc(C2CN(Cc3cnc(C(C)C)nc3)CCO2)nc2ccccc12. The predicted octanol–water partition coefficient (Wildman–Crippen LogP) is 3.10. The number of nitrogens with zero attached hydrogens (tertiary/aromatic N) is 4. The van der Waals surface area contributed by atoms with Crippen LogP contribution in [0.25, 0.3) is 10.9 Å². The summed E-state index contributed by atoms with van der Waals surface area (Å²) in [6, 6.07) is 9.56. The monoisotopic (exact) mass is 449 g/mol. The van der Waals surface area contributed by atoms with Crippen molar-refractivity contribution in [1.82, 2.24) is 25.2 Å². The number of methoxy groups -OCH3 is 1. The van der Waals surface area contributed by atoms with Crippen molar-refractivity contribution in [2.75, 3.05) is 40.0 Å². The smallest absolute Gasteiger partial charge is 0.252 e. The van der Waals surface area contributed by atoms with Gasteiger partial charge in [-0.2, -0.15) is 0 Å². The van der Waals surface area contributed by atoms with E-state index in [0.717, 1.165) is 41.1 Å². The number of amides is 1. The van der Waals surface area contributed by atoms with E-state index in [-0.39, 0.29) is 12.0 Å². The van der Waals surface area contributed by atoms with Crippen molar-refractivity contribution in [3.8, 4) is 0 Å². The van der Waals surface area contributed by atoms with Crippen LogP contribution in [0.1, 0.15) is 53.3 Å². The van der Waals surface area contributed by atoms with Crippen LogP contribution in [0, 0.1) is 0 Å². The molecule has 1 fully saturated rings. The Hall–Kier alpha value is -2.94. The Bertz CT molecular complexity index is 1090. The summed E-state index contributed by atoms with van der Waals surface area (Å²) in [4.78, 5) is 29.0. The van der Waals surface area contributed by atoms with Gasteiger partial charge in [0, 0.05) is 62.6 Å². The van der Waals surface area contributed by atoms with E-state index < -0.39 is 0 Å². The lowest BCUT2D eigenvalue weighted by molar-refractivity contribution is -0.0349. The number of para-hydroxylation sites is 1. The Morgan fingerprint density at radius 2 is 2.06 bits per heavy atom. The quantitative estimate of drug-likeness (QED) is 0.529. The van der Waals surface area contributed by atoms with Gasteiger partial charge in [-0.3, -0.25) is 9.69 Å². The molecule has 2 aromatic heterocycles. The highest BCUT2D eigenvalue weighted by molar-refractivity contribution is 6.06. The molecular weight excluding hydrogens is 418 g/mol. The molecule has 33 heavy (non-hydrogen) atoms. The van der Waals surface area contributed by atoms with Gasteiger partial charge in [0.15, 0.2) is 0 Å². The summed E-state index contributed by atoms with van der Waals surface area (Å²) < 4.78 is 11.1. The number of hydrogen-bond acceptors (Lipinski definition) is 7. The summed E-state index contributed by atoms with van der Waals surface area (Å²) in [6.45, 7) is 7.93. The van der Waals surface area contributed by atoms with Gasteiger partial charge in [-0.05, 0) is 12.1 Å². The Morgan fingerprint density at radius 3 is 2.82 bits per heavy atom. The molecule has 1 unspecified atom stereocenters. The van der Waals surface area contributed by atoms with E-state index in [2.05, 4.69) is 34.0 Å². The molecule has 0 bridgehead atoms. The highest BCUT2D eigenvalue weighted by atomic mass is 16.5. The Labute approximate surface area is 194 Å². The van der Waals surface area contributed by atoms with E-state index >= 15 is 0 Å². The zero-order chi connectivity index (χ0) is 23.2. The Kier molecular flexibility index (Phi) is 7.59. The molecule has 1 saturated heterocycles. The molecule has 3 aromatic rings. The van der Waals surface area contributed by atoms with Gasteiger partial charge in [-0.1, -0.05) is 32.0 Å². The lowest BCUT2D eigenvalue weighted by atomic mass is 10.0. The molecule has 0 saturated carbocycles. The number of pyridine rings is 1. The molecule has 1 N–H and O–H groups in total. The fourth-order valence-corrected chi connectivity index (χ4v) is 3.94. The molecule has 1 aromatic carbocycles. The second kappa shape index (κ2) is 10.8. The maximum absolute atomic E-state index is 12.9. The topological polar surface area (TPSA) is 89.5 Å². The van der Waals surface area contributed by atoms with Gasteiger partial charge in [0.05, 0.1) is 30.0 Å². The molecule has 1 aliphatic rings. The molecule has 8 nitrogen and oxygen atoms in total. The number of aromatic nitrogens is 3. The summed E-state index contributed by atoms with van der Waals surface area (Å²) in [6.07, 6.45) is 3.59. The Balaban J connectivity index is 1.53. The van der Waals surface area contributed by atoms with Crippen LogP contribution in [0.3, 0.4) is 0 Å². The van der Waals surface area contributed by atoms with Crippen molar-refractivity contribution in [2.24, 2.45) is 0 Å². The minimum atomic E-state index is -0.218. The first kappa shape index (κ1) is 23.2. The number of rotatable bonds is 8. The van der Waals surface area contributed by atoms with Crippen molar-refractivity contribution < 1.29 is 14.3 Å². The number of morpholine rings is 1. The molecule has 3 heterocycles. The summed E-state index contributed by atoms with van der Waals surface area (Å²) in [5.74, 6) is 1.03. The molecule has 4 rings (SSSR count). The summed E-state index contributed by atoms with van der Waals surface area (Å²) in [7, 11) is 1.61. The van der Waals surface area contributed by atoms with Crippen LogP contribution in [0.5, 0.6) is 0 Å². The number of ether oxygens (including phenoxy) is 2. The molecule has 0 radical (unpaired) electrons. The van der Waals surface area contributed by atoms with Crippen LogP contribution in [0.2, 0.25) is 0 Å². The van der Waals surface area contributed by atoms with Crippen LogP contribution >= 0.6 is 0 Å². The van der Waals surface area contributed by atoms with E-state index in [1.54, 1.807) is 7.11 Å². The number of carbonyl (C=O) groups is 1. The second-order valence-corrected chi connectivity index (χ2v) is 8.56. The predicted molar refractivity (Wildman–Crippen MR) is 126 cm³/mol. The third-order valence-corrected chi connectivity index (χ3v) is 5.70. The largest absolute Gasteiger partial charge is 0.383 e. The fraction of sp³-hybridized carbons (Fsp3) is 0.440. The van der Waals surface area contributed by atoms with Crippen molar-refractivity contribution in [3.05, 3.63) is 65.4 Å². The third-order valence-electron chi connectivity index (χ3n) is 5.70. The fourth-order valence-electron chi connectivity index (χ4n) is 3.94. The molecule has 1 aliphatic heterocycles. The van der Waals surface area contributed by atoms with Crippen LogP contribution in [-0.2, 0) is 16.0 Å². The molecular formula is C25H31N5O3. The van der Waals surface area contributed by atoms with Gasteiger partial charge >= 0.3 is 0 Å². The van der Waals surface area contributed by atoms with E-state index in [1.807, 2.05) is 42.7 Å². The van der Waals surface area contributed by atoms with Crippen LogP contribution in [-0.4, -0.2) is 65.7 Å². The van der Waals surface area contributed by atoms with E-state index in [9.17, 15) is 4.79 Å². The lowest BCUT2D eigenvalue weighted by Crippen LogP contribution is -2.38. The van der Waals surface area contributed by atoms with Crippen LogP contribution in [0.4, 0.5) is 0 Å². The highest BCUT2D eigenvalue weighted by Crippen LogP contribution is 2.26. The van der Waals surface area contributed by atoms with Gasteiger partial charge < -0.3 is 14.8 Å². The van der Waals surface area contributed by atoms with Gasteiger partial charge in [0.25, 0.3) is 5.91 Å². The number of nitrogens with one attached hydrogen (secondary N) is 1. The zero-order valence-electron chi connectivity index (χ0n) is 19.5.